The van der Waals surface area contributed by atoms with Gasteiger partial charge in [0, 0.05) is 42.7 Å². The van der Waals surface area contributed by atoms with Crippen molar-refractivity contribution in [2.45, 2.75) is 33.4 Å². The Hall–Kier alpha value is -3.38. The summed E-state index contributed by atoms with van der Waals surface area (Å²) in [6.45, 7) is 4.58. The third-order valence-electron chi connectivity index (χ3n) is 7.47. The molecule has 0 atom stereocenters. The lowest BCUT2D eigenvalue weighted by Gasteiger charge is -2.27. The molecule has 4 heterocycles. The number of hydrogen-bond acceptors (Lipinski definition) is 2. The van der Waals surface area contributed by atoms with Crippen LogP contribution in [0, 0.1) is 12.3 Å². The first-order valence-electron chi connectivity index (χ1n) is 11.6. The average Bonchev–Trinajstić information content (AvgIpc) is 3.36. The van der Waals surface area contributed by atoms with Gasteiger partial charge in [-0.15, -0.1) is 11.3 Å². The Balaban J connectivity index is 1.73. The van der Waals surface area contributed by atoms with Crippen molar-refractivity contribution in [1.29, 1.82) is 0 Å². The molecule has 0 aliphatic carbocycles. The third-order valence-corrected chi connectivity index (χ3v) is 8.80. The lowest BCUT2D eigenvalue weighted by Crippen LogP contribution is -2.33. The topological polar surface area (TPSA) is 17.3 Å². The Morgan fingerprint density at radius 1 is 0.857 bits per heavy atom. The molecule has 4 aromatic heterocycles. The van der Waals surface area contributed by atoms with Gasteiger partial charge in [0.05, 0.1) is 16.4 Å². The largest absolute Gasteiger partial charge is 0.394 e. The molecule has 7 aromatic rings. The van der Waals surface area contributed by atoms with Crippen molar-refractivity contribution in [2.24, 2.45) is 5.41 Å². The standard InChI is InChI=1S/C29H21F3N2S/c1-15-14-33-27-24-23(21(35-26(15)24)13-28(2,3)29(30,31)32)19-10-6-9-18-22-17-8-5-4-7-16(17)11-12-20(22)34(27)25(18)19/h4-12,14H,13H2,1-3H3. The van der Waals surface area contributed by atoms with Crippen molar-refractivity contribution in [3.8, 4) is 0 Å². The quantitative estimate of drug-likeness (QED) is 0.223. The molecule has 0 saturated carbocycles. The molecule has 0 radical (unpaired) electrons. The number of hydrogen-bond donors (Lipinski definition) is 0. The number of fused-ring (bicyclic) bond motifs is 7. The van der Waals surface area contributed by atoms with Gasteiger partial charge in [-0.05, 0) is 35.7 Å². The SMILES string of the molecule is Cc1cnc2c3c1sc(CC(C)(C)C(F)(F)F)c3c1cccc3c4c5ccccc5ccc4n2c13. The monoisotopic (exact) mass is 486 g/mol. The molecule has 174 valence electrons. The number of aromatic nitrogens is 2. The van der Waals surface area contributed by atoms with Gasteiger partial charge in [-0.3, -0.25) is 4.40 Å². The number of para-hydroxylation sites is 1. The Kier molecular flexibility index (Phi) is 3.97. The maximum atomic E-state index is 13.9. The normalized spacial score (nSPS) is 13.5. The smallest absolute Gasteiger partial charge is 0.293 e. The van der Waals surface area contributed by atoms with Gasteiger partial charge >= 0.3 is 6.18 Å². The van der Waals surface area contributed by atoms with Crippen molar-refractivity contribution < 1.29 is 13.2 Å². The number of benzene rings is 3. The van der Waals surface area contributed by atoms with Gasteiger partial charge < -0.3 is 0 Å². The maximum Gasteiger partial charge on any atom is 0.394 e. The Labute approximate surface area is 202 Å². The molecule has 0 aliphatic rings. The molecular weight excluding hydrogens is 465 g/mol. The first kappa shape index (κ1) is 20.9. The number of nitrogens with zero attached hydrogens (tertiary/aromatic N) is 2. The lowest BCUT2D eigenvalue weighted by molar-refractivity contribution is -0.210. The van der Waals surface area contributed by atoms with Gasteiger partial charge in [-0.2, -0.15) is 13.2 Å². The Morgan fingerprint density at radius 3 is 2.34 bits per heavy atom. The minimum atomic E-state index is -4.29. The zero-order valence-corrected chi connectivity index (χ0v) is 20.2. The van der Waals surface area contributed by atoms with Gasteiger partial charge in [0.15, 0.2) is 0 Å². The van der Waals surface area contributed by atoms with E-state index in [1.54, 1.807) is 0 Å². The first-order valence-corrected chi connectivity index (χ1v) is 12.4. The lowest BCUT2D eigenvalue weighted by atomic mass is 9.86. The minimum absolute atomic E-state index is 0.0659. The van der Waals surface area contributed by atoms with E-state index in [-0.39, 0.29) is 6.42 Å². The van der Waals surface area contributed by atoms with E-state index in [9.17, 15) is 13.2 Å². The van der Waals surface area contributed by atoms with Crippen molar-refractivity contribution in [2.75, 3.05) is 0 Å². The van der Waals surface area contributed by atoms with Crippen LogP contribution in [0.5, 0.6) is 0 Å². The van der Waals surface area contributed by atoms with E-state index < -0.39 is 11.6 Å². The fourth-order valence-corrected chi connectivity index (χ4v) is 7.09. The van der Waals surface area contributed by atoms with Crippen LogP contribution in [0.4, 0.5) is 13.2 Å². The van der Waals surface area contributed by atoms with Crippen LogP contribution >= 0.6 is 11.3 Å². The molecule has 0 bridgehead atoms. The van der Waals surface area contributed by atoms with Crippen LogP contribution in [0.1, 0.15) is 24.3 Å². The zero-order valence-electron chi connectivity index (χ0n) is 19.4. The molecule has 7 rings (SSSR count). The summed E-state index contributed by atoms with van der Waals surface area (Å²) in [5.74, 6) is 0. The molecule has 35 heavy (non-hydrogen) atoms. The molecule has 0 amide bonds. The fourth-order valence-electron chi connectivity index (χ4n) is 5.59. The van der Waals surface area contributed by atoms with Crippen LogP contribution in [-0.2, 0) is 6.42 Å². The molecule has 2 nitrogen and oxygen atoms in total. The van der Waals surface area contributed by atoms with Gasteiger partial charge in [-0.25, -0.2) is 4.98 Å². The third kappa shape index (κ3) is 2.63. The van der Waals surface area contributed by atoms with E-state index in [2.05, 4.69) is 40.8 Å². The second-order valence-electron chi connectivity index (χ2n) is 10.1. The number of aryl methyl sites for hydroxylation is 1. The second kappa shape index (κ2) is 6.64. The number of pyridine rings is 2. The van der Waals surface area contributed by atoms with Crippen molar-refractivity contribution in [3.05, 3.63) is 71.2 Å². The van der Waals surface area contributed by atoms with Crippen molar-refractivity contribution >= 4 is 70.4 Å². The van der Waals surface area contributed by atoms with Crippen molar-refractivity contribution in [1.82, 2.24) is 9.38 Å². The summed E-state index contributed by atoms with van der Waals surface area (Å²) in [6.07, 6.45) is -2.51. The number of alkyl halides is 3. The summed E-state index contributed by atoms with van der Waals surface area (Å²) >= 11 is 1.49. The molecule has 0 spiro atoms. The summed E-state index contributed by atoms with van der Waals surface area (Å²) in [7, 11) is 0. The van der Waals surface area contributed by atoms with E-state index >= 15 is 0 Å². The van der Waals surface area contributed by atoms with E-state index in [0.717, 1.165) is 69.5 Å². The highest BCUT2D eigenvalue weighted by Gasteiger charge is 2.47. The summed E-state index contributed by atoms with van der Waals surface area (Å²) in [6, 6.07) is 18.8. The van der Waals surface area contributed by atoms with Gasteiger partial charge in [0.2, 0.25) is 0 Å². The molecular formula is C29H21F3N2S. The summed E-state index contributed by atoms with van der Waals surface area (Å²) in [5, 5.41) is 7.45. The zero-order chi connectivity index (χ0) is 24.3. The predicted molar refractivity (Wildman–Crippen MR) is 140 cm³/mol. The molecule has 0 N–H and O–H groups in total. The van der Waals surface area contributed by atoms with Gasteiger partial charge in [0.25, 0.3) is 0 Å². The summed E-state index contributed by atoms with van der Waals surface area (Å²) < 4.78 is 45.0. The van der Waals surface area contributed by atoms with Crippen LogP contribution in [0.15, 0.2) is 60.8 Å². The van der Waals surface area contributed by atoms with Gasteiger partial charge in [0.1, 0.15) is 5.65 Å². The molecule has 0 saturated heterocycles. The molecule has 0 unspecified atom stereocenters. The van der Waals surface area contributed by atoms with Crippen LogP contribution in [0.25, 0.3) is 59.1 Å². The van der Waals surface area contributed by atoms with E-state index in [0.29, 0.717) is 0 Å². The predicted octanol–water partition coefficient (Wildman–Crippen LogP) is 9.04. The fraction of sp³-hybridized carbons (Fsp3) is 0.207. The van der Waals surface area contributed by atoms with Crippen LogP contribution in [-0.4, -0.2) is 15.6 Å². The molecule has 3 aromatic carbocycles. The highest BCUT2D eigenvalue weighted by atomic mass is 32.1. The first-order chi connectivity index (χ1) is 16.7. The summed E-state index contributed by atoms with van der Waals surface area (Å²) in [4.78, 5) is 5.64. The number of halogens is 3. The Morgan fingerprint density at radius 2 is 1.57 bits per heavy atom. The number of rotatable bonds is 2. The highest BCUT2D eigenvalue weighted by Crippen LogP contribution is 2.49. The highest BCUT2D eigenvalue weighted by molar-refractivity contribution is 7.20. The average molecular weight is 487 g/mol. The molecule has 0 fully saturated rings. The second-order valence-corrected chi connectivity index (χ2v) is 11.3. The summed E-state index contributed by atoms with van der Waals surface area (Å²) in [5.41, 5.74) is 2.05. The van der Waals surface area contributed by atoms with E-state index in [1.165, 1.54) is 25.2 Å². The van der Waals surface area contributed by atoms with Gasteiger partial charge in [-0.1, -0.05) is 62.4 Å². The minimum Gasteiger partial charge on any atom is -0.293 e. The van der Waals surface area contributed by atoms with E-state index in [1.807, 2.05) is 31.3 Å². The van der Waals surface area contributed by atoms with Crippen LogP contribution in [0.2, 0.25) is 0 Å². The number of thiophene rings is 1. The Bertz CT molecular complexity index is 1960. The van der Waals surface area contributed by atoms with Crippen LogP contribution in [0.3, 0.4) is 0 Å². The van der Waals surface area contributed by atoms with E-state index in [4.69, 9.17) is 4.98 Å². The van der Waals surface area contributed by atoms with Crippen molar-refractivity contribution in [3.63, 3.8) is 0 Å². The maximum absolute atomic E-state index is 13.9. The molecule has 0 aliphatic heterocycles. The van der Waals surface area contributed by atoms with Crippen LogP contribution < -0.4 is 0 Å². The molecule has 6 heteroatoms.